The minimum atomic E-state index is -0.351. The van der Waals surface area contributed by atoms with Crippen LogP contribution in [0.3, 0.4) is 0 Å². The van der Waals surface area contributed by atoms with Gasteiger partial charge in [0.05, 0.1) is 37.9 Å². The fourth-order valence-electron chi connectivity index (χ4n) is 7.62. The van der Waals surface area contributed by atoms with E-state index < -0.39 is 0 Å². The largest absolute Gasteiger partial charge is 0.491 e. The van der Waals surface area contributed by atoms with Gasteiger partial charge in [-0.2, -0.15) is 0 Å². The van der Waals surface area contributed by atoms with Gasteiger partial charge in [0.1, 0.15) is 40.8 Å². The Labute approximate surface area is 424 Å². The van der Waals surface area contributed by atoms with Crippen LogP contribution in [0.1, 0.15) is 128 Å². The van der Waals surface area contributed by atoms with Crippen molar-refractivity contribution in [3.05, 3.63) is 133 Å². The molecule has 0 aliphatic rings. The van der Waals surface area contributed by atoms with Crippen LogP contribution in [-0.4, -0.2) is 24.4 Å². The number of hydrogen-bond acceptors (Lipinski definition) is 4. The zero-order valence-corrected chi connectivity index (χ0v) is 47.9. The van der Waals surface area contributed by atoms with Gasteiger partial charge in [0.15, 0.2) is 0 Å². The van der Waals surface area contributed by atoms with Crippen molar-refractivity contribution in [2.75, 3.05) is 13.2 Å². The summed E-state index contributed by atoms with van der Waals surface area (Å²) < 4.78 is 32.4. The molecule has 0 aliphatic carbocycles. The Bertz CT molecular complexity index is 2090. The molecule has 11 heteroatoms. The molecule has 4 rings (SSSR count). The third-order valence-corrected chi connectivity index (χ3v) is 16.3. The van der Waals surface area contributed by atoms with Crippen LogP contribution in [0, 0.1) is 6.92 Å². The quantitative estimate of drug-likeness (QED) is 0.0580. The molecular weight excluding hydrogens is 1220 g/mol. The lowest BCUT2D eigenvalue weighted by Crippen LogP contribution is -2.35. The molecule has 0 aliphatic heterocycles. The van der Waals surface area contributed by atoms with Crippen LogP contribution >= 0.6 is 112 Å². The second-order valence-corrected chi connectivity index (χ2v) is 22.7. The molecule has 0 N–H and O–H groups in total. The summed E-state index contributed by atoms with van der Waals surface area (Å²) in [5, 5.41) is 0. The third kappa shape index (κ3) is 12.2. The van der Waals surface area contributed by atoms with Crippen LogP contribution in [0.2, 0.25) is 0 Å². The molecular formula is C50H59Br7O4. The summed E-state index contributed by atoms with van der Waals surface area (Å²) in [6, 6.07) is 17.4. The number of rotatable bonds is 22. The van der Waals surface area contributed by atoms with Gasteiger partial charge in [0.25, 0.3) is 0 Å². The third-order valence-electron chi connectivity index (χ3n) is 12.2. The van der Waals surface area contributed by atoms with Crippen molar-refractivity contribution in [1.29, 1.82) is 0 Å². The molecule has 0 heterocycles. The van der Waals surface area contributed by atoms with Gasteiger partial charge in [-0.15, -0.1) is 6.58 Å². The van der Waals surface area contributed by atoms with Crippen molar-refractivity contribution in [1.82, 2.24) is 0 Å². The molecule has 0 unspecified atom stereocenters. The van der Waals surface area contributed by atoms with E-state index in [1.54, 1.807) is 6.08 Å². The molecule has 61 heavy (non-hydrogen) atoms. The minimum Gasteiger partial charge on any atom is -0.491 e. The Morgan fingerprint density at radius 1 is 0.492 bits per heavy atom. The predicted molar refractivity (Wildman–Crippen MR) is 282 cm³/mol. The van der Waals surface area contributed by atoms with E-state index in [0.717, 1.165) is 122 Å². The van der Waals surface area contributed by atoms with E-state index in [2.05, 4.69) is 236 Å². The Balaban J connectivity index is 1.48. The molecule has 0 spiro atoms. The summed E-state index contributed by atoms with van der Waals surface area (Å²) in [6.07, 6.45) is 9.65. The van der Waals surface area contributed by atoms with E-state index in [1.807, 2.05) is 6.08 Å². The van der Waals surface area contributed by atoms with Gasteiger partial charge in [0, 0.05) is 17.3 Å². The molecule has 0 bridgehead atoms. The fraction of sp³-hybridized carbons (Fsp3) is 0.440. The first-order chi connectivity index (χ1) is 28.7. The Hall–Kier alpha value is -1.08. The van der Waals surface area contributed by atoms with Crippen molar-refractivity contribution in [3.63, 3.8) is 0 Å². The van der Waals surface area contributed by atoms with E-state index >= 15 is 0 Å². The number of hydrogen-bond donors (Lipinski definition) is 0. The molecule has 0 saturated heterocycles. The number of halogens is 7. The van der Waals surface area contributed by atoms with Crippen molar-refractivity contribution in [2.45, 2.75) is 129 Å². The summed E-state index contributed by atoms with van der Waals surface area (Å²) in [5.41, 5.74) is 4.42. The van der Waals surface area contributed by atoms with Crippen molar-refractivity contribution >= 4 is 112 Å². The summed E-state index contributed by atoms with van der Waals surface area (Å²) in [4.78, 5) is 0. The van der Waals surface area contributed by atoms with Crippen LogP contribution in [-0.2, 0) is 10.8 Å². The smallest absolute Gasteiger partial charge is 0.148 e. The maximum Gasteiger partial charge on any atom is 0.148 e. The van der Waals surface area contributed by atoms with Gasteiger partial charge in [-0.05, 0) is 227 Å². The normalized spacial score (nSPS) is 12.3. The zero-order valence-electron chi connectivity index (χ0n) is 36.8. The van der Waals surface area contributed by atoms with Gasteiger partial charge in [-0.25, -0.2) is 0 Å². The first-order valence-electron chi connectivity index (χ1n) is 20.8. The average molecular weight is 1280 g/mol. The van der Waals surface area contributed by atoms with Crippen LogP contribution in [0.5, 0.6) is 23.0 Å². The van der Waals surface area contributed by atoms with Gasteiger partial charge in [0.2, 0.25) is 0 Å². The standard InChI is InChI=1S/C50H59Br7O4/c1-12-19-49(14-3,15-4)61-46-41(56)29-35(30-42(46)57)48(10,11)34-27-39(54)45(40(55)28-34)59-22-18-20-50(16-5,17-6)60-43-31(7)23-32(24-36(43)51)47(8,9)33-25-37(52)44(38(53)26-33)58-21-13-2/h12-13,23-30H,1-2,14-22H2,3-11H3. The Kier molecular flexibility index (Phi) is 19.3. The second kappa shape index (κ2) is 22.4. The second-order valence-electron chi connectivity index (χ2n) is 16.7. The maximum atomic E-state index is 7.01. The molecule has 4 aromatic rings. The number of benzene rings is 4. The lowest BCUT2D eigenvalue weighted by atomic mass is 9.77. The summed E-state index contributed by atoms with van der Waals surface area (Å²) in [7, 11) is 0. The summed E-state index contributed by atoms with van der Waals surface area (Å²) >= 11 is 26.8. The first-order valence-corrected chi connectivity index (χ1v) is 26.4. The van der Waals surface area contributed by atoms with Crippen molar-refractivity contribution < 1.29 is 18.9 Å². The van der Waals surface area contributed by atoms with Gasteiger partial charge in [-0.3, -0.25) is 0 Å². The highest BCUT2D eigenvalue weighted by atomic mass is 79.9. The molecule has 0 amide bonds. The molecule has 0 aromatic heterocycles. The first kappa shape index (κ1) is 52.5. The topological polar surface area (TPSA) is 36.9 Å². The van der Waals surface area contributed by atoms with E-state index in [1.165, 1.54) is 5.56 Å². The zero-order chi connectivity index (χ0) is 45.5. The van der Waals surface area contributed by atoms with Gasteiger partial charge < -0.3 is 18.9 Å². The van der Waals surface area contributed by atoms with Crippen LogP contribution in [0.25, 0.3) is 0 Å². The summed E-state index contributed by atoms with van der Waals surface area (Å²) in [5.74, 6) is 3.25. The van der Waals surface area contributed by atoms with Crippen LogP contribution in [0.4, 0.5) is 0 Å². The van der Waals surface area contributed by atoms with E-state index in [4.69, 9.17) is 18.9 Å². The molecule has 0 radical (unpaired) electrons. The number of aryl methyl sites for hydroxylation is 1. The predicted octanol–water partition coefficient (Wildman–Crippen LogP) is 18.9. The maximum absolute atomic E-state index is 7.01. The minimum absolute atomic E-state index is 0.300. The van der Waals surface area contributed by atoms with E-state index in [9.17, 15) is 0 Å². The molecule has 0 fully saturated rings. The van der Waals surface area contributed by atoms with Crippen molar-refractivity contribution in [2.24, 2.45) is 0 Å². The number of ether oxygens (including phenoxy) is 4. The highest BCUT2D eigenvalue weighted by molar-refractivity contribution is 9.12. The molecule has 0 saturated carbocycles. The fourth-order valence-corrected chi connectivity index (χ4v) is 12.4. The Morgan fingerprint density at radius 3 is 1.23 bits per heavy atom. The van der Waals surface area contributed by atoms with Crippen LogP contribution in [0.15, 0.2) is 105 Å². The molecule has 4 nitrogen and oxygen atoms in total. The Morgan fingerprint density at radius 2 is 0.852 bits per heavy atom. The summed E-state index contributed by atoms with van der Waals surface area (Å²) in [6.45, 7) is 28.6. The highest BCUT2D eigenvalue weighted by Crippen LogP contribution is 2.47. The van der Waals surface area contributed by atoms with Crippen molar-refractivity contribution in [3.8, 4) is 23.0 Å². The van der Waals surface area contributed by atoms with Crippen LogP contribution < -0.4 is 18.9 Å². The van der Waals surface area contributed by atoms with E-state index in [0.29, 0.717) is 13.2 Å². The lowest BCUT2D eigenvalue weighted by molar-refractivity contribution is 0.0434. The SMILES string of the molecule is C=CCOc1c(Br)cc(C(C)(C)c2cc(C)c(OC(CC)(CC)CCCOc3c(Br)cc(C(C)(C)c4cc(Br)c(OC(CC)(CC)CC=C)c(Br)c4)cc3Br)c(Br)c2)cc1Br. The average Bonchev–Trinajstić information content (AvgIpc) is 3.21. The molecule has 4 aromatic carbocycles. The van der Waals surface area contributed by atoms with Gasteiger partial charge in [-0.1, -0.05) is 80.2 Å². The van der Waals surface area contributed by atoms with Gasteiger partial charge >= 0.3 is 0 Å². The molecule has 0 atom stereocenters. The molecule has 332 valence electrons. The monoisotopic (exact) mass is 1280 g/mol. The lowest BCUT2D eigenvalue weighted by Gasteiger charge is -2.35. The van der Waals surface area contributed by atoms with E-state index in [-0.39, 0.29) is 22.0 Å². The highest BCUT2D eigenvalue weighted by Gasteiger charge is 2.34.